The van der Waals surface area contributed by atoms with Gasteiger partial charge in [0.15, 0.2) is 9.84 Å². The van der Waals surface area contributed by atoms with Gasteiger partial charge in [0.1, 0.15) is 11.4 Å². The smallest absolute Gasteiger partial charge is 0.410 e. The predicted molar refractivity (Wildman–Crippen MR) is 98.2 cm³/mol. The number of sulfone groups is 1. The first-order chi connectivity index (χ1) is 11.8. The molecule has 0 spiro atoms. The monoisotopic (exact) mass is 385 g/mol. The molecule has 1 saturated heterocycles. The highest BCUT2D eigenvalue weighted by Gasteiger charge is 2.44. The van der Waals surface area contributed by atoms with Gasteiger partial charge in [0.25, 0.3) is 0 Å². The molecular weight excluding hydrogens is 357 g/mol. The van der Waals surface area contributed by atoms with Crippen molar-refractivity contribution in [1.29, 1.82) is 0 Å². The van der Waals surface area contributed by atoms with Crippen LogP contribution >= 0.6 is 0 Å². The Balaban J connectivity index is 2.11. The minimum Gasteiger partial charge on any atom is -0.444 e. The van der Waals surface area contributed by atoms with Crippen molar-refractivity contribution in [2.75, 3.05) is 13.1 Å². The van der Waals surface area contributed by atoms with Gasteiger partial charge in [0.05, 0.1) is 9.64 Å². The van der Waals surface area contributed by atoms with E-state index in [0.29, 0.717) is 25.9 Å². The van der Waals surface area contributed by atoms with Gasteiger partial charge >= 0.3 is 6.09 Å². The van der Waals surface area contributed by atoms with Crippen molar-refractivity contribution in [3.05, 3.63) is 30.1 Å². The molecule has 7 heteroatoms. The van der Waals surface area contributed by atoms with E-state index < -0.39 is 26.0 Å². The van der Waals surface area contributed by atoms with Crippen LogP contribution in [0.4, 0.5) is 9.18 Å². The molecule has 146 valence electrons. The van der Waals surface area contributed by atoms with E-state index >= 15 is 0 Å². The second-order valence-electron chi connectivity index (χ2n) is 8.31. The van der Waals surface area contributed by atoms with E-state index in [2.05, 4.69) is 0 Å². The molecule has 1 fully saturated rings. The van der Waals surface area contributed by atoms with E-state index in [1.165, 1.54) is 18.2 Å². The average molecular weight is 386 g/mol. The number of amides is 1. The fourth-order valence-corrected chi connectivity index (χ4v) is 5.05. The van der Waals surface area contributed by atoms with Crippen LogP contribution in [0.3, 0.4) is 0 Å². The standard InChI is InChI=1S/C19H28FNO4S/c1-18(2,3)25-17(22)21-11-9-14(10-12-21)19(4,5)26(23,24)16-8-6-7-15(20)13-16/h6-8,13-14H,9-12H2,1-5H3. The second-order valence-corrected chi connectivity index (χ2v) is 10.8. The van der Waals surface area contributed by atoms with Crippen molar-refractivity contribution in [2.24, 2.45) is 5.92 Å². The zero-order valence-corrected chi connectivity index (χ0v) is 16.9. The largest absolute Gasteiger partial charge is 0.444 e. The normalized spacial score (nSPS) is 17.2. The van der Waals surface area contributed by atoms with Crippen LogP contribution in [-0.4, -0.2) is 42.8 Å². The molecule has 1 heterocycles. The number of benzene rings is 1. The third-order valence-corrected chi connectivity index (χ3v) is 7.52. The predicted octanol–water partition coefficient (Wildman–Crippen LogP) is 4.03. The molecule has 0 aliphatic carbocycles. The van der Waals surface area contributed by atoms with Gasteiger partial charge in [-0.3, -0.25) is 0 Å². The first-order valence-electron chi connectivity index (χ1n) is 8.83. The lowest BCUT2D eigenvalue weighted by Crippen LogP contribution is -2.48. The number of rotatable bonds is 3. The number of piperidine rings is 1. The van der Waals surface area contributed by atoms with Crippen LogP contribution in [0.25, 0.3) is 0 Å². The van der Waals surface area contributed by atoms with Crippen molar-refractivity contribution < 1.29 is 22.3 Å². The van der Waals surface area contributed by atoms with E-state index in [9.17, 15) is 17.6 Å². The summed E-state index contributed by atoms with van der Waals surface area (Å²) in [5.74, 6) is -0.698. The summed E-state index contributed by atoms with van der Waals surface area (Å²) in [4.78, 5) is 13.8. The van der Waals surface area contributed by atoms with E-state index in [1.807, 2.05) is 20.8 Å². The molecule has 0 atom stereocenters. The number of carbonyl (C=O) groups is 1. The van der Waals surface area contributed by atoms with Crippen molar-refractivity contribution >= 4 is 15.9 Å². The van der Waals surface area contributed by atoms with Crippen LogP contribution in [0.2, 0.25) is 0 Å². The highest BCUT2D eigenvalue weighted by Crippen LogP contribution is 2.38. The van der Waals surface area contributed by atoms with Gasteiger partial charge in [-0.2, -0.15) is 0 Å². The second kappa shape index (κ2) is 7.18. The number of carbonyl (C=O) groups excluding carboxylic acids is 1. The summed E-state index contributed by atoms with van der Waals surface area (Å²) < 4.78 is 43.9. The van der Waals surface area contributed by atoms with E-state index in [-0.39, 0.29) is 16.9 Å². The summed E-state index contributed by atoms with van der Waals surface area (Å²) >= 11 is 0. The summed E-state index contributed by atoms with van der Waals surface area (Å²) in [5, 5.41) is 0. The number of hydrogen-bond acceptors (Lipinski definition) is 4. The van der Waals surface area contributed by atoms with Crippen LogP contribution in [0, 0.1) is 11.7 Å². The third kappa shape index (κ3) is 4.37. The zero-order chi connectivity index (χ0) is 19.8. The molecule has 1 aliphatic heterocycles. The van der Waals surface area contributed by atoms with Crippen LogP contribution in [0.1, 0.15) is 47.5 Å². The van der Waals surface area contributed by atoms with E-state index in [0.717, 1.165) is 6.07 Å². The first-order valence-corrected chi connectivity index (χ1v) is 10.3. The minimum absolute atomic E-state index is 0.00271. The van der Waals surface area contributed by atoms with E-state index in [1.54, 1.807) is 18.7 Å². The summed E-state index contributed by atoms with van der Waals surface area (Å²) in [5.41, 5.74) is -0.562. The molecule has 0 saturated carbocycles. The van der Waals surface area contributed by atoms with Crippen molar-refractivity contribution in [2.45, 2.75) is 62.7 Å². The Labute approximate surface area is 155 Å². The fraction of sp³-hybridized carbons (Fsp3) is 0.632. The lowest BCUT2D eigenvalue weighted by molar-refractivity contribution is 0.0172. The van der Waals surface area contributed by atoms with Gasteiger partial charge in [-0.25, -0.2) is 17.6 Å². The molecule has 2 rings (SSSR count). The fourth-order valence-electron chi connectivity index (χ4n) is 3.24. The van der Waals surface area contributed by atoms with Crippen LogP contribution < -0.4 is 0 Å². The maximum atomic E-state index is 13.5. The molecule has 0 unspecified atom stereocenters. The Hall–Kier alpha value is -1.63. The van der Waals surface area contributed by atoms with Crippen LogP contribution in [-0.2, 0) is 14.6 Å². The van der Waals surface area contributed by atoms with Crippen LogP contribution in [0.5, 0.6) is 0 Å². The Morgan fingerprint density at radius 2 is 1.73 bits per heavy atom. The molecule has 0 radical (unpaired) electrons. The molecule has 5 nitrogen and oxygen atoms in total. The van der Waals surface area contributed by atoms with Gasteiger partial charge in [0, 0.05) is 13.1 Å². The molecule has 0 bridgehead atoms. The summed E-state index contributed by atoms with van der Waals surface area (Å²) in [6.07, 6.45) is 0.739. The van der Waals surface area contributed by atoms with Gasteiger partial charge < -0.3 is 9.64 Å². The average Bonchev–Trinajstić information content (AvgIpc) is 2.53. The lowest BCUT2D eigenvalue weighted by Gasteiger charge is -2.40. The Bertz CT molecular complexity index is 760. The number of nitrogens with zero attached hydrogens (tertiary/aromatic N) is 1. The van der Waals surface area contributed by atoms with Crippen molar-refractivity contribution in [3.63, 3.8) is 0 Å². The molecule has 0 N–H and O–H groups in total. The summed E-state index contributed by atoms with van der Waals surface area (Å²) in [7, 11) is -3.70. The van der Waals surface area contributed by atoms with Crippen molar-refractivity contribution in [1.82, 2.24) is 4.90 Å². The molecule has 1 amide bonds. The third-order valence-electron chi connectivity index (χ3n) is 4.93. The topological polar surface area (TPSA) is 63.7 Å². The highest BCUT2D eigenvalue weighted by atomic mass is 32.2. The number of hydrogen-bond donors (Lipinski definition) is 0. The number of halogens is 1. The molecule has 1 aliphatic rings. The molecule has 0 aromatic heterocycles. The summed E-state index contributed by atoms with van der Waals surface area (Å²) in [6, 6.07) is 5.12. The summed E-state index contributed by atoms with van der Waals surface area (Å²) in [6.45, 7) is 9.69. The molecule has 1 aromatic carbocycles. The molecular formula is C19H28FNO4S. The van der Waals surface area contributed by atoms with Crippen LogP contribution in [0.15, 0.2) is 29.2 Å². The number of likely N-dealkylation sites (tertiary alicyclic amines) is 1. The number of ether oxygens (including phenoxy) is 1. The van der Waals surface area contributed by atoms with Gasteiger partial charge in [-0.05, 0) is 71.6 Å². The Morgan fingerprint density at radius 3 is 2.23 bits per heavy atom. The molecule has 26 heavy (non-hydrogen) atoms. The zero-order valence-electron chi connectivity index (χ0n) is 16.1. The minimum atomic E-state index is -3.70. The molecule has 1 aromatic rings. The highest BCUT2D eigenvalue weighted by molar-refractivity contribution is 7.92. The van der Waals surface area contributed by atoms with Crippen molar-refractivity contribution in [3.8, 4) is 0 Å². The first kappa shape index (κ1) is 20.7. The quantitative estimate of drug-likeness (QED) is 0.788. The SMILES string of the molecule is CC(C)(C)OC(=O)N1CCC(C(C)(C)S(=O)(=O)c2cccc(F)c2)CC1. The van der Waals surface area contributed by atoms with Gasteiger partial charge in [-0.1, -0.05) is 6.07 Å². The van der Waals surface area contributed by atoms with E-state index in [4.69, 9.17) is 4.74 Å². The van der Waals surface area contributed by atoms with Gasteiger partial charge in [-0.15, -0.1) is 0 Å². The van der Waals surface area contributed by atoms with Gasteiger partial charge in [0.2, 0.25) is 0 Å². The Morgan fingerprint density at radius 1 is 1.15 bits per heavy atom. The maximum Gasteiger partial charge on any atom is 0.410 e. The lowest BCUT2D eigenvalue weighted by atomic mass is 9.86. The Kier molecular flexibility index (Phi) is 5.71. The maximum absolute atomic E-state index is 13.5.